The maximum absolute atomic E-state index is 13.1. The average molecular weight is 326 g/mol. The molecule has 1 N–H and O–H groups in total. The van der Waals surface area contributed by atoms with E-state index in [4.69, 9.17) is 4.74 Å². The van der Waals surface area contributed by atoms with Crippen molar-refractivity contribution in [3.05, 3.63) is 23.3 Å². The first kappa shape index (κ1) is 16.8. The van der Waals surface area contributed by atoms with Crippen molar-refractivity contribution in [2.45, 2.75) is 38.1 Å². The average Bonchev–Trinajstić information content (AvgIpc) is 2.60. The quantitative estimate of drug-likeness (QED) is 0.906. The van der Waals surface area contributed by atoms with E-state index in [1.807, 2.05) is 6.92 Å². The lowest BCUT2D eigenvalue weighted by Crippen LogP contribution is -2.45. The molecule has 1 fully saturated rings. The minimum Gasteiger partial charge on any atom is -0.495 e. The molecule has 0 radical (unpaired) electrons. The fourth-order valence-electron chi connectivity index (χ4n) is 2.76. The number of sulfonamides is 1. The van der Waals surface area contributed by atoms with Gasteiger partial charge in [-0.2, -0.15) is 4.31 Å². The van der Waals surface area contributed by atoms with Crippen LogP contribution < -0.4 is 10.1 Å². The number of amides is 1. The van der Waals surface area contributed by atoms with E-state index in [0.29, 0.717) is 30.8 Å². The Hall–Kier alpha value is -1.60. The summed E-state index contributed by atoms with van der Waals surface area (Å²) in [6.07, 6.45) is 0.586. The third kappa shape index (κ3) is 2.96. The smallest absolute Gasteiger partial charge is 0.247 e. The molecule has 0 spiro atoms. The van der Waals surface area contributed by atoms with Crippen molar-refractivity contribution in [2.75, 3.05) is 20.2 Å². The number of benzene rings is 1. The molecule has 22 heavy (non-hydrogen) atoms. The van der Waals surface area contributed by atoms with E-state index in [-0.39, 0.29) is 10.8 Å². The Labute approximate surface area is 131 Å². The summed E-state index contributed by atoms with van der Waals surface area (Å²) in [6, 6.07) is 2.76. The van der Waals surface area contributed by atoms with Crippen molar-refractivity contribution < 1.29 is 17.9 Å². The molecule has 7 heteroatoms. The molecular formula is C15H22N2O4S. The normalized spacial score (nSPS) is 20.4. The Kier molecular flexibility index (Phi) is 4.77. The summed E-state index contributed by atoms with van der Waals surface area (Å²) >= 11 is 0. The number of carbonyl (C=O) groups is 1. The van der Waals surface area contributed by atoms with Crippen LogP contribution in [-0.2, 0) is 14.8 Å². The first-order valence-corrected chi connectivity index (χ1v) is 8.68. The zero-order valence-electron chi connectivity index (χ0n) is 13.3. The van der Waals surface area contributed by atoms with Crippen LogP contribution in [0.5, 0.6) is 5.75 Å². The Morgan fingerprint density at radius 1 is 1.32 bits per heavy atom. The summed E-state index contributed by atoms with van der Waals surface area (Å²) in [4.78, 5) is 12.1. The van der Waals surface area contributed by atoms with Crippen molar-refractivity contribution in [3.8, 4) is 5.75 Å². The number of nitrogens with one attached hydrogen (secondary N) is 1. The van der Waals surface area contributed by atoms with Crippen LogP contribution in [0.25, 0.3) is 0 Å². The molecule has 1 aliphatic rings. The molecule has 2 rings (SSSR count). The molecule has 1 aromatic rings. The lowest BCUT2D eigenvalue weighted by Gasteiger charge is -2.26. The summed E-state index contributed by atoms with van der Waals surface area (Å²) < 4.78 is 32.7. The molecule has 0 saturated carbocycles. The highest BCUT2D eigenvalue weighted by molar-refractivity contribution is 7.89. The van der Waals surface area contributed by atoms with Crippen LogP contribution in [0.1, 0.15) is 24.5 Å². The SMILES string of the molecule is COc1cc(C)cc(C)c1S(=O)(=O)N1CCCNC(=O)[C@@H]1C. The highest BCUT2D eigenvalue weighted by Crippen LogP contribution is 2.32. The van der Waals surface area contributed by atoms with Crippen LogP contribution in [0.4, 0.5) is 0 Å². The number of carbonyl (C=O) groups excluding carboxylic acids is 1. The molecule has 1 atom stereocenters. The summed E-state index contributed by atoms with van der Waals surface area (Å²) in [5.74, 6) is 0.0409. The van der Waals surface area contributed by atoms with Crippen molar-refractivity contribution >= 4 is 15.9 Å². The van der Waals surface area contributed by atoms with Gasteiger partial charge in [0.25, 0.3) is 0 Å². The van der Waals surface area contributed by atoms with Crippen molar-refractivity contribution in [1.29, 1.82) is 0 Å². The van der Waals surface area contributed by atoms with Crippen LogP contribution in [0.15, 0.2) is 17.0 Å². The Balaban J connectivity index is 2.57. The predicted octanol–water partition coefficient (Wildman–Crippen LogP) is 1.21. The number of ether oxygens (including phenoxy) is 1. The summed E-state index contributed by atoms with van der Waals surface area (Å²) in [7, 11) is -2.36. The first-order valence-electron chi connectivity index (χ1n) is 7.24. The summed E-state index contributed by atoms with van der Waals surface area (Å²) in [5.41, 5.74) is 1.55. The number of methoxy groups -OCH3 is 1. The maximum Gasteiger partial charge on any atom is 0.247 e. The van der Waals surface area contributed by atoms with Crippen LogP contribution >= 0.6 is 0 Å². The third-order valence-corrected chi connectivity index (χ3v) is 5.99. The molecule has 1 amide bonds. The molecule has 0 aromatic heterocycles. The molecule has 0 unspecified atom stereocenters. The molecule has 1 aromatic carbocycles. The number of rotatable bonds is 3. The van der Waals surface area contributed by atoms with Gasteiger partial charge in [-0.1, -0.05) is 6.07 Å². The van der Waals surface area contributed by atoms with Crippen molar-refractivity contribution in [2.24, 2.45) is 0 Å². The van der Waals surface area contributed by atoms with Gasteiger partial charge in [0.05, 0.1) is 7.11 Å². The van der Waals surface area contributed by atoms with Crippen molar-refractivity contribution in [1.82, 2.24) is 9.62 Å². The van der Waals surface area contributed by atoms with Gasteiger partial charge < -0.3 is 10.1 Å². The minimum atomic E-state index is -3.81. The monoisotopic (exact) mass is 326 g/mol. The fraction of sp³-hybridized carbons (Fsp3) is 0.533. The van der Waals surface area contributed by atoms with Gasteiger partial charge in [-0.05, 0) is 44.4 Å². The molecule has 1 aliphatic heterocycles. The second-order valence-corrected chi connectivity index (χ2v) is 7.38. The molecule has 6 nitrogen and oxygen atoms in total. The lowest BCUT2D eigenvalue weighted by atomic mass is 10.1. The van der Waals surface area contributed by atoms with Crippen LogP contribution in [0.3, 0.4) is 0 Å². The highest BCUT2D eigenvalue weighted by Gasteiger charge is 2.36. The third-order valence-electron chi connectivity index (χ3n) is 3.84. The van der Waals surface area contributed by atoms with E-state index in [1.165, 1.54) is 11.4 Å². The fourth-order valence-corrected chi connectivity index (χ4v) is 4.74. The van der Waals surface area contributed by atoms with Gasteiger partial charge in [0.15, 0.2) is 0 Å². The lowest BCUT2D eigenvalue weighted by molar-refractivity contribution is -0.123. The Morgan fingerprint density at radius 3 is 2.64 bits per heavy atom. The van der Waals surface area contributed by atoms with Gasteiger partial charge >= 0.3 is 0 Å². The molecule has 0 bridgehead atoms. The zero-order valence-corrected chi connectivity index (χ0v) is 14.2. The van der Waals surface area contributed by atoms with E-state index in [1.54, 1.807) is 26.0 Å². The van der Waals surface area contributed by atoms with Crippen LogP contribution in [0, 0.1) is 13.8 Å². The van der Waals surface area contributed by atoms with Gasteiger partial charge in [-0.3, -0.25) is 4.79 Å². The number of nitrogens with zero attached hydrogens (tertiary/aromatic N) is 1. The second-order valence-electron chi connectivity index (χ2n) is 5.55. The van der Waals surface area contributed by atoms with Gasteiger partial charge in [0.1, 0.15) is 16.7 Å². The zero-order chi connectivity index (χ0) is 16.5. The van der Waals surface area contributed by atoms with E-state index in [2.05, 4.69) is 5.32 Å². The predicted molar refractivity (Wildman–Crippen MR) is 83.4 cm³/mol. The van der Waals surface area contributed by atoms with Crippen molar-refractivity contribution in [3.63, 3.8) is 0 Å². The maximum atomic E-state index is 13.1. The van der Waals surface area contributed by atoms with E-state index >= 15 is 0 Å². The molecule has 1 saturated heterocycles. The molecule has 122 valence electrons. The van der Waals surface area contributed by atoms with Crippen LogP contribution in [-0.4, -0.2) is 44.9 Å². The topological polar surface area (TPSA) is 75.7 Å². The largest absolute Gasteiger partial charge is 0.495 e. The van der Waals surface area contributed by atoms with E-state index in [0.717, 1.165) is 5.56 Å². The highest BCUT2D eigenvalue weighted by atomic mass is 32.2. The number of hydrogen-bond donors (Lipinski definition) is 1. The van der Waals surface area contributed by atoms with Gasteiger partial charge in [-0.15, -0.1) is 0 Å². The number of hydrogen-bond acceptors (Lipinski definition) is 4. The van der Waals surface area contributed by atoms with Gasteiger partial charge in [-0.25, -0.2) is 8.42 Å². The van der Waals surface area contributed by atoms with E-state index < -0.39 is 16.1 Å². The Bertz CT molecular complexity index is 685. The molecular weight excluding hydrogens is 304 g/mol. The summed E-state index contributed by atoms with van der Waals surface area (Å²) in [6.45, 7) is 6.02. The van der Waals surface area contributed by atoms with E-state index in [9.17, 15) is 13.2 Å². The van der Waals surface area contributed by atoms with Gasteiger partial charge in [0.2, 0.25) is 15.9 Å². The second kappa shape index (κ2) is 6.26. The standard InChI is InChI=1S/C15H22N2O4S/c1-10-8-11(2)14(13(9-10)21-4)22(19,20)17-7-5-6-16-15(18)12(17)3/h8-9,12H,5-7H2,1-4H3,(H,16,18)/t12-/m0/s1. The summed E-state index contributed by atoms with van der Waals surface area (Å²) in [5, 5.41) is 2.72. The minimum absolute atomic E-state index is 0.141. The molecule has 1 heterocycles. The number of aryl methyl sites for hydroxylation is 2. The Morgan fingerprint density at radius 2 is 2.00 bits per heavy atom. The first-order chi connectivity index (χ1) is 10.3. The van der Waals surface area contributed by atoms with Gasteiger partial charge in [0, 0.05) is 13.1 Å². The molecule has 0 aliphatic carbocycles. The van der Waals surface area contributed by atoms with Crippen LogP contribution in [0.2, 0.25) is 0 Å².